The van der Waals surface area contributed by atoms with Crippen LogP contribution in [0.1, 0.15) is 27.4 Å². The Kier molecular flexibility index (Phi) is 5.07. The maximum absolute atomic E-state index is 12.0. The summed E-state index contributed by atoms with van der Waals surface area (Å²) in [6, 6.07) is 5.27. The zero-order valence-corrected chi connectivity index (χ0v) is 11.6. The van der Waals surface area contributed by atoms with E-state index in [0.717, 1.165) is 11.1 Å². The van der Waals surface area contributed by atoms with Crippen LogP contribution < -0.4 is 5.32 Å². The molecule has 1 amide bonds. The van der Waals surface area contributed by atoms with Crippen molar-refractivity contribution < 1.29 is 14.4 Å². The van der Waals surface area contributed by atoms with Gasteiger partial charge in [0.15, 0.2) is 6.33 Å². The van der Waals surface area contributed by atoms with Crippen LogP contribution in [-0.4, -0.2) is 34.3 Å². The number of aryl methyl sites for hydroxylation is 1. The summed E-state index contributed by atoms with van der Waals surface area (Å²) >= 11 is 0. The van der Waals surface area contributed by atoms with Crippen LogP contribution in [0.2, 0.25) is 0 Å². The van der Waals surface area contributed by atoms with Crippen molar-refractivity contribution in [2.45, 2.75) is 13.3 Å². The third-order valence-electron chi connectivity index (χ3n) is 2.83. The summed E-state index contributed by atoms with van der Waals surface area (Å²) in [5, 5.41) is 15.0. The van der Waals surface area contributed by atoms with Gasteiger partial charge < -0.3 is 14.9 Å². The largest absolute Gasteiger partial charge is 0.384 e. The van der Waals surface area contributed by atoms with Gasteiger partial charge >= 0.3 is 0 Å². The fourth-order valence-electron chi connectivity index (χ4n) is 1.72. The molecule has 0 radical (unpaired) electrons. The number of carbonyl (C=O) groups excluding carboxylic acids is 1. The van der Waals surface area contributed by atoms with Crippen molar-refractivity contribution >= 4 is 5.91 Å². The molecule has 2 aromatic rings. The molecule has 0 saturated carbocycles. The van der Waals surface area contributed by atoms with E-state index in [1.807, 2.05) is 13.0 Å². The highest BCUT2D eigenvalue weighted by Gasteiger charge is 2.08. The first kappa shape index (κ1) is 14.8. The van der Waals surface area contributed by atoms with Crippen LogP contribution in [0.5, 0.6) is 0 Å². The second-order valence-corrected chi connectivity index (χ2v) is 4.33. The van der Waals surface area contributed by atoms with Gasteiger partial charge in [0, 0.05) is 24.1 Å². The number of nitrogens with one attached hydrogen (secondary N) is 1. The molecule has 0 aliphatic rings. The lowest BCUT2D eigenvalue weighted by Crippen LogP contribution is -2.25. The monoisotopic (exact) mass is 285 g/mol. The number of amides is 1. The van der Waals surface area contributed by atoms with Gasteiger partial charge in [-0.15, -0.1) is 0 Å². The van der Waals surface area contributed by atoms with E-state index in [1.165, 1.54) is 6.33 Å². The van der Waals surface area contributed by atoms with Crippen molar-refractivity contribution in [3.8, 4) is 11.8 Å². The van der Waals surface area contributed by atoms with E-state index in [9.17, 15) is 4.79 Å². The molecular formula is C15H15N3O3. The van der Waals surface area contributed by atoms with Crippen LogP contribution in [0.3, 0.4) is 0 Å². The number of hydrogen-bond acceptors (Lipinski definition) is 5. The first-order chi connectivity index (χ1) is 10.2. The maximum atomic E-state index is 12.0. The summed E-state index contributed by atoms with van der Waals surface area (Å²) in [5.41, 5.74) is 2.21. The summed E-state index contributed by atoms with van der Waals surface area (Å²) in [5.74, 6) is 5.69. The van der Waals surface area contributed by atoms with Crippen molar-refractivity contribution in [2.75, 3.05) is 13.2 Å². The highest BCUT2D eigenvalue weighted by molar-refractivity contribution is 5.94. The molecule has 1 aromatic heterocycles. The fourth-order valence-corrected chi connectivity index (χ4v) is 1.72. The number of hydrogen-bond donors (Lipinski definition) is 2. The molecule has 0 spiro atoms. The Morgan fingerprint density at radius 1 is 1.48 bits per heavy atom. The van der Waals surface area contributed by atoms with Crippen LogP contribution in [0, 0.1) is 18.8 Å². The van der Waals surface area contributed by atoms with Gasteiger partial charge in [0.2, 0.25) is 5.89 Å². The summed E-state index contributed by atoms with van der Waals surface area (Å²) in [4.78, 5) is 15.9. The van der Waals surface area contributed by atoms with E-state index >= 15 is 0 Å². The van der Waals surface area contributed by atoms with Gasteiger partial charge in [-0.2, -0.15) is 4.98 Å². The lowest BCUT2D eigenvalue weighted by atomic mass is 10.0. The van der Waals surface area contributed by atoms with E-state index in [-0.39, 0.29) is 12.5 Å². The quantitative estimate of drug-likeness (QED) is 0.807. The van der Waals surface area contributed by atoms with Gasteiger partial charge in [0.25, 0.3) is 5.91 Å². The smallest absolute Gasteiger partial charge is 0.251 e. The van der Waals surface area contributed by atoms with Gasteiger partial charge in [-0.25, -0.2) is 0 Å². The van der Waals surface area contributed by atoms with Gasteiger partial charge in [0.05, 0.1) is 0 Å². The minimum Gasteiger partial charge on any atom is -0.384 e. The van der Waals surface area contributed by atoms with Crippen LogP contribution >= 0.6 is 0 Å². The van der Waals surface area contributed by atoms with Gasteiger partial charge in [-0.05, 0) is 24.6 Å². The van der Waals surface area contributed by atoms with Crippen molar-refractivity contribution in [3.05, 3.63) is 47.1 Å². The Labute approximate surface area is 122 Å². The third kappa shape index (κ3) is 4.16. The highest BCUT2D eigenvalue weighted by Crippen LogP contribution is 2.10. The molecule has 2 rings (SSSR count). The normalized spacial score (nSPS) is 9.81. The first-order valence-electron chi connectivity index (χ1n) is 6.45. The molecule has 0 aliphatic carbocycles. The van der Waals surface area contributed by atoms with E-state index in [4.69, 9.17) is 9.63 Å². The van der Waals surface area contributed by atoms with Crippen LogP contribution in [0.25, 0.3) is 0 Å². The molecule has 0 atom stereocenters. The van der Waals surface area contributed by atoms with Crippen LogP contribution in [0.15, 0.2) is 29.0 Å². The molecule has 1 heterocycles. The van der Waals surface area contributed by atoms with Crippen molar-refractivity contribution in [2.24, 2.45) is 0 Å². The number of benzene rings is 1. The molecule has 108 valence electrons. The molecule has 0 unspecified atom stereocenters. The van der Waals surface area contributed by atoms with Gasteiger partial charge in [-0.1, -0.05) is 23.1 Å². The lowest BCUT2D eigenvalue weighted by Gasteiger charge is -2.05. The van der Waals surface area contributed by atoms with Gasteiger partial charge in [0.1, 0.15) is 6.61 Å². The molecule has 2 N–H and O–H groups in total. The van der Waals surface area contributed by atoms with E-state index in [0.29, 0.717) is 24.4 Å². The maximum Gasteiger partial charge on any atom is 0.251 e. The lowest BCUT2D eigenvalue weighted by molar-refractivity contribution is 0.0953. The van der Waals surface area contributed by atoms with Crippen molar-refractivity contribution in [3.63, 3.8) is 0 Å². The van der Waals surface area contributed by atoms with Crippen LogP contribution in [-0.2, 0) is 6.42 Å². The predicted molar refractivity (Wildman–Crippen MR) is 75.5 cm³/mol. The summed E-state index contributed by atoms with van der Waals surface area (Å²) in [6.07, 6.45) is 1.80. The Hall–Kier alpha value is -2.65. The molecular weight excluding hydrogens is 270 g/mol. The number of aromatic nitrogens is 2. The van der Waals surface area contributed by atoms with Gasteiger partial charge in [-0.3, -0.25) is 4.79 Å². The van der Waals surface area contributed by atoms with Crippen molar-refractivity contribution in [1.29, 1.82) is 0 Å². The zero-order chi connectivity index (χ0) is 15.1. The highest BCUT2D eigenvalue weighted by atomic mass is 16.5. The topological polar surface area (TPSA) is 88.3 Å². The Bertz CT molecular complexity index is 669. The Morgan fingerprint density at radius 2 is 2.33 bits per heavy atom. The second kappa shape index (κ2) is 7.22. The summed E-state index contributed by atoms with van der Waals surface area (Å²) in [6.45, 7) is 2.10. The fraction of sp³-hybridized carbons (Fsp3) is 0.267. The first-order valence-corrected chi connectivity index (χ1v) is 6.45. The number of rotatable bonds is 4. The third-order valence-corrected chi connectivity index (χ3v) is 2.83. The molecule has 0 fully saturated rings. The SMILES string of the molecule is Cc1ccc(C(=O)NCCc2ncno2)cc1C#CCO. The molecule has 0 saturated heterocycles. The average Bonchev–Trinajstić information content (AvgIpc) is 2.99. The standard InChI is InChI=1S/C15H15N3O3/c1-11-4-5-13(9-12(11)3-2-8-19)15(20)16-7-6-14-17-10-18-21-14/h4-5,9-10,19H,6-8H2,1H3,(H,16,20). The van der Waals surface area contributed by atoms with Crippen LogP contribution in [0.4, 0.5) is 0 Å². The second-order valence-electron chi connectivity index (χ2n) is 4.33. The Balaban J connectivity index is 1.98. The minimum absolute atomic E-state index is 0.193. The predicted octanol–water partition coefficient (Wildman–Crippen LogP) is 0.694. The number of nitrogens with zero attached hydrogens (tertiary/aromatic N) is 2. The Morgan fingerprint density at radius 3 is 3.05 bits per heavy atom. The van der Waals surface area contributed by atoms with E-state index < -0.39 is 0 Å². The zero-order valence-electron chi connectivity index (χ0n) is 11.6. The summed E-state index contributed by atoms with van der Waals surface area (Å²) < 4.78 is 4.85. The number of carbonyl (C=O) groups is 1. The number of aliphatic hydroxyl groups is 1. The molecule has 0 bridgehead atoms. The van der Waals surface area contributed by atoms with Crippen molar-refractivity contribution in [1.82, 2.24) is 15.5 Å². The molecule has 6 nitrogen and oxygen atoms in total. The molecule has 0 aliphatic heterocycles. The summed E-state index contributed by atoms with van der Waals surface area (Å²) in [7, 11) is 0. The number of aliphatic hydroxyl groups excluding tert-OH is 1. The average molecular weight is 285 g/mol. The van der Waals surface area contributed by atoms with E-state index in [1.54, 1.807) is 12.1 Å². The van der Waals surface area contributed by atoms with E-state index in [2.05, 4.69) is 27.3 Å². The molecule has 1 aromatic carbocycles. The molecule has 21 heavy (non-hydrogen) atoms. The molecule has 6 heteroatoms. The minimum atomic E-state index is -0.208.